The first-order valence-electron chi connectivity index (χ1n) is 9.48. The minimum atomic E-state index is -0.0552. The van der Waals surface area contributed by atoms with E-state index in [1.165, 1.54) is 11.8 Å². The molecular formula is C25H16ClN3OS. The number of carbonyl (C=O) groups excluding carboxylic acids is 1. The molecule has 0 saturated carbocycles. The van der Waals surface area contributed by atoms with Crippen LogP contribution in [-0.4, -0.2) is 21.5 Å². The number of nitriles is 1. The molecule has 0 atom stereocenters. The zero-order valence-corrected chi connectivity index (χ0v) is 17.9. The van der Waals surface area contributed by atoms with Crippen LogP contribution in [0.15, 0.2) is 90.2 Å². The Morgan fingerprint density at radius 3 is 2.42 bits per heavy atom. The predicted octanol–water partition coefficient (Wildman–Crippen LogP) is 6.31. The van der Waals surface area contributed by atoms with Gasteiger partial charge in [-0.2, -0.15) is 5.26 Å². The van der Waals surface area contributed by atoms with E-state index >= 15 is 0 Å². The third-order valence-electron chi connectivity index (χ3n) is 4.65. The third-order valence-corrected chi connectivity index (χ3v) is 5.87. The molecule has 0 aliphatic heterocycles. The van der Waals surface area contributed by atoms with Crippen LogP contribution in [0.25, 0.3) is 22.4 Å². The van der Waals surface area contributed by atoms with Crippen molar-refractivity contribution in [3.05, 3.63) is 101 Å². The normalized spacial score (nSPS) is 10.5. The van der Waals surface area contributed by atoms with Crippen molar-refractivity contribution in [2.45, 2.75) is 5.03 Å². The lowest BCUT2D eigenvalue weighted by atomic mass is 10.0. The number of hydrogen-bond donors (Lipinski definition) is 0. The van der Waals surface area contributed by atoms with Gasteiger partial charge in [-0.05, 0) is 36.4 Å². The van der Waals surface area contributed by atoms with Gasteiger partial charge in [-0.25, -0.2) is 4.98 Å². The Balaban J connectivity index is 1.74. The lowest BCUT2D eigenvalue weighted by Gasteiger charge is -2.12. The van der Waals surface area contributed by atoms with E-state index in [0.717, 1.165) is 22.4 Å². The van der Waals surface area contributed by atoms with E-state index in [9.17, 15) is 10.1 Å². The summed E-state index contributed by atoms with van der Waals surface area (Å²) in [6.07, 6.45) is 3.41. The number of nitrogens with zero attached hydrogens (tertiary/aromatic N) is 3. The highest BCUT2D eigenvalue weighted by atomic mass is 35.5. The quantitative estimate of drug-likeness (QED) is 0.259. The van der Waals surface area contributed by atoms with Crippen LogP contribution in [-0.2, 0) is 0 Å². The summed E-state index contributed by atoms with van der Waals surface area (Å²) in [4.78, 5) is 21.6. The number of pyridine rings is 2. The maximum absolute atomic E-state index is 12.7. The first kappa shape index (κ1) is 20.8. The van der Waals surface area contributed by atoms with Crippen LogP contribution in [0.2, 0.25) is 5.02 Å². The summed E-state index contributed by atoms with van der Waals surface area (Å²) in [6.45, 7) is 0. The van der Waals surface area contributed by atoms with Crippen molar-refractivity contribution in [2.24, 2.45) is 0 Å². The van der Waals surface area contributed by atoms with E-state index < -0.39 is 0 Å². The lowest BCUT2D eigenvalue weighted by molar-refractivity contribution is 0.102. The first-order chi connectivity index (χ1) is 15.2. The van der Waals surface area contributed by atoms with Crippen LogP contribution in [0.4, 0.5) is 0 Å². The van der Waals surface area contributed by atoms with Gasteiger partial charge in [-0.3, -0.25) is 9.78 Å². The number of halogens is 1. The molecular weight excluding hydrogens is 426 g/mol. The Hall–Kier alpha value is -3.46. The van der Waals surface area contributed by atoms with E-state index in [2.05, 4.69) is 11.1 Å². The van der Waals surface area contributed by atoms with Gasteiger partial charge in [-0.15, -0.1) is 0 Å². The maximum Gasteiger partial charge on any atom is 0.173 e. The van der Waals surface area contributed by atoms with E-state index in [4.69, 9.17) is 16.6 Å². The fraction of sp³-hybridized carbons (Fsp3) is 0.0400. The summed E-state index contributed by atoms with van der Waals surface area (Å²) in [6, 6.07) is 24.4. The zero-order chi connectivity index (χ0) is 21.6. The summed E-state index contributed by atoms with van der Waals surface area (Å²) < 4.78 is 0. The van der Waals surface area contributed by atoms with Crippen LogP contribution in [0, 0.1) is 11.3 Å². The van der Waals surface area contributed by atoms with Gasteiger partial charge in [0, 0.05) is 39.7 Å². The molecule has 0 radical (unpaired) electrons. The Morgan fingerprint density at radius 2 is 1.74 bits per heavy atom. The van der Waals surface area contributed by atoms with Crippen LogP contribution in [0.5, 0.6) is 0 Å². The molecule has 4 rings (SSSR count). The van der Waals surface area contributed by atoms with Crippen molar-refractivity contribution in [2.75, 3.05) is 5.75 Å². The molecule has 150 valence electrons. The average Bonchev–Trinajstić information content (AvgIpc) is 2.83. The standard InChI is InChI=1S/C25H16ClN3OS/c26-20-10-8-18(9-11-20)24(30)16-31-25-22(14-27)21(19-7-4-12-28-15-19)13-23(29-25)17-5-2-1-3-6-17/h1-13,15H,16H2. The molecule has 2 aromatic carbocycles. The topological polar surface area (TPSA) is 66.6 Å². The van der Waals surface area contributed by atoms with E-state index in [0.29, 0.717) is 21.2 Å². The summed E-state index contributed by atoms with van der Waals surface area (Å²) in [5.41, 5.74) is 4.24. The molecule has 0 spiro atoms. The lowest BCUT2D eigenvalue weighted by Crippen LogP contribution is -2.04. The fourth-order valence-corrected chi connectivity index (χ4v) is 4.12. The summed E-state index contributed by atoms with van der Waals surface area (Å²) >= 11 is 7.17. The molecule has 0 aliphatic rings. The Bertz CT molecular complexity index is 1250. The largest absolute Gasteiger partial charge is 0.293 e. The number of carbonyl (C=O) groups is 1. The summed E-state index contributed by atoms with van der Waals surface area (Å²) in [7, 11) is 0. The fourth-order valence-electron chi connectivity index (χ4n) is 3.09. The zero-order valence-electron chi connectivity index (χ0n) is 16.3. The van der Waals surface area contributed by atoms with Gasteiger partial charge in [0.15, 0.2) is 5.78 Å². The molecule has 0 N–H and O–H groups in total. The molecule has 0 amide bonds. The van der Waals surface area contributed by atoms with E-state index in [1.54, 1.807) is 36.7 Å². The van der Waals surface area contributed by atoms with Gasteiger partial charge in [0.05, 0.1) is 17.0 Å². The second kappa shape index (κ2) is 9.57. The smallest absolute Gasteiger partial charge is 0.173 e. The van der Waals surface area contributed by atoms with Crippen molar-refractivity contribution < 1.29 is 4.79 Å². The van der Waals surface area contributed by atoms with E-state index in [1.807, 2.05) is 48.5 Å². The summed E-state index contributed by atoms with van der Waals surface area (Å²) in [5, 5.41) is 11.0. The van der Waals surface area contributed by atoms with Gasteiger partial charge in [0.1, 0.15) is 11.1 Å². The number of hydrogen-bond acceptors (Lipinski definition) is 5. The highest BCUT2D eigenvalue weighted by Crippen LogP contribution is 2.34. The van der Waals surface area contributed by atoms with Gasteiger partial charge in [0.25, 0.3) is 0 Å². The van der Waals surface area contributed by atoms with Crippen LogP contribution < -0.4 is 0 Å². The highest BCUT2D eigenvalue weighted by Gasteiger charge is 2.17. The summed E-state index contributed by atoms with van der Waals surface area (Å²) in [5.74, 6) is 0.106. The number of benzene rings is 2. The van der Waals surface area contributed by atoms with E-state index in [-0.39, 0.29) is 11.5 Å². The number of thioether (sulfide) groups is 1. The molecule has 4 nitrogen and oxygen atoms in total. The minimum Gasteiger partial charge on any atom is -0.293 e. The SMILES string of the molecule is N#Cc1c(-c2cccnc2)cc(-c2ccccc2)nc1SCC(=O)c1ccc(Cl)cc1. The van der Waals surface area contributed by atoms with Gasteiger partial charge < -0.3 is 0 Å². The predicted molar refractivity (Wildman–Crippen MR) is 124 cm³/mol. The van der Waals surface area contributed by atoms with Crippen molar-refractivity contribution in [3.8, 4) is 28.5 Å². The molecule has 0 aliphatic carbocycles. The van der Waals surface area contributed by atoms with Gasteiger partial charge >= 0.3 is 0 Å². The van der Waals surface area contributed by atoms with Gasteiger partial charge in [-0.1, -0.05) is 59.8 Å². The van der Waals surface area contributed by atoms with Crippen molar-refractivity contribution in [3.63, 3.8) is 0 Å². The Labute approximate surface area is 189 Å². The van der Waals surface area contributed by atoms with Gasteiger partial charge in [0.2, 0.25) is 0 Å². The Morgan fingerprint density at radius 1 is 1.00 bits per heavy atom. The minimum absolute atomic E-state index is 0.0552. The molecule has 6 heteroatoms. The molecule has 4 aromatic rings. The Kier molecular flexibility index (Phi) is 6.42. The molecule has 0 saturated heterocycles. The molecule has 0 bridgehead atoms. The molecule has 2 aromatic heterocycles. The number of rotatable bonds is 6. The number of ketones is 1. The number of aromatic nitrogens is 2. The van der Waals surface area contributed by atoms with Crippen LogP contribution in [0.3, 0.4) is 0 Å². The maximum atomic E-state index is 12.7. The molecule has 0 unspecified atom stereocenters. The van der Waals surface area contributed by atoms with Crippen molar-refractivity contribution in [1.29, 1.82) is 5.26 Å². The number of Topliss-reactive ketones (excluding diaryl/α,β-unsaturated/α-hetero) is 1. The second-order valence-corrected chi connectivity index (χ2v) is 8.07. The monoisotopic (exact) mass is 441 g/mol. The van der Waals surface area contributed by atoms with Crippen molar-refractivity contribution >= 4 is 29.1 Å². The molecule has 0 fully saturated rings. The first-order valence-corrected chi connectivity index (χ1v) is 10.8. The van der Waals surface area contributed by atoms with Crippen LogP contribution >= 0.6 is 23.4 Å². The third kappa shape index (κ3) is 4.83. The van der Waals surface area contributed by atoms with Crippen molar-refractivity contribution in [1.82, 2.24) is 9.97 Å². The van der Waals surface area contributed by atoms with Crippen LogP contribution in [0.1, 0.15) is 15.9 Å². The second-order valence-electron chi connectivity index (χ2n) is 6.67. The highest BCUT2D eigenvalue weighted by molar-refractivity contribution is 8.00. The molecule has 31 heavy (non-hydrogen) atoms. The molecule has 2 heterocycles. The average molecular weight is 442 g/mol.